The fraction of sp³-hybridized carbons (Fsp3) is 0.300. The fourth-order valence-electron chi connectivity index (χ4n) is 2.93. The van der Waals surface area contributed by atoms with E-state index >= 15 is 0 Å². The van der Waals surface area contributed by atoms with Crippen LogP contribution in [0.3, 0.4) is 0 Å². The van der Waals surface area contributed by atoms with Crippen LogP contribution in [0, 0.1) is 5.82 Å². The molecule has 6 nitrogen and oxygen atoms in total. The Bertz CT molecular complexity index is 916. The molecular formula is C20H18F4N2O4. The van der Waals surface area contributed by atoms with Gasteiger partial charge in [0.1, 0.15) is 17.3 Å². The number of hydrogen-bond acceptors (Lipinski definition) is 4. The predicted octanol–water partition coefficient (Wildman–Crippen LogP) is 2.80. The van der Waals surface area contributed by atoms with Gasteiger partial charge in [0, 0.05) is 25.2 Å². The van der Waals surface area contributed by atoms with Crippen LogP contribution in [0.25, 0.3) is 0 Å². The highest BCUT2D eigenvalue weighted by atomic mass is 19.4. The summed E-state index contributed by atoms with van der Waals surface area (Å²) in [6.07, 6.45) is -4.82. The molecule has 0 bridgehead atoms. The van der Waals surface area contributed by atoms with Crippen LogP contribution in [0.15, 0.2) is 42.5 Å². The molecule has 3 rings (SSSR count). The Morgan fingerprint density at radius 3 is 2.60 bits per heavy atom. The number of halogens is 4. The molecule has 0 spiro atoms. The van der Waals surface area contributed by atoms with Crippen LogP contribution in [0.5, 0.6) is 11.5 Å². The molecule has 1 heterocycles. The highest BCUT2D eigenvalue weighted by molar-refractivity contribution is 5.79. The van der Waals surface area contributed by atoms with E-state index in [9.17, 15) is 27.2 Å². The minimum Gasteiger partial charge on any atom is -0.483 e. The van der Waals surface area contributed by atoms with Gasteiger partial charge in [-0.3, -0.25) is 9.59 Å². The summed E-state index contributed by atoms with van der Waals surface area (Å²) in [5, 5.41) is 2.65. The monoisotopic (exact) mass is 426 g/mol. The summed E-state index contributed by atoms with van der Waals surface area (Å²) in [6.45, 7) is 0.328. The van der Waals surface area contributed by atoms with Gasteiger partial charge in [0.2, 0.25) is 5.91 Å². The van der Waals surface area contributed by atoms with Gasteiger partial charge in [0.15, 0.2) is 6.61 Å². The first kappa shape index (κ1) is 21.4. The zero-order valence-corrected chi connectivity index (χ0v) is 15.7. The van der Waals surface area contributed by atoms with E-state index in [2.05, 4.69) is 10.1 Å². The highest BCUT2D eigenvalue weighted by Gasteiger charge is 2.31. The molecule has 0 aromatic heterocycles. The number of nitrogens with zero attached hydrogens (tertiary/aromatic N) is 1. The number of benzene rings is 2. The van der Waals surface area contributed by atoms with Crippen LogP contribution in [0.2, 0.25) is 0 Å². The lowest BCUT2D eigenvalue weighted by atomic mass is 10.1. The lowest BCUT2D eigenvalue weighted by molar-refractivity contribution is -0.274. The average Bonchev–Trinajstić information content (AvgIpc) is 2.81. The van der Waals surface area contributed by atoms with E-state index in [1.165, 1.54) is 35.2 Å². The van der Waals surface area contributed by atoms with Crippen LogP contribution in [-0.2, 0) is 22.6 Å². The summed E-state index contributed by atoms with van der Waals surface area (Å²) >= 11 is 0. The highest BCUT2D eigenvalue weighted by Crippen LogP contribution is 2.24. The van der Waals surface area contributed by atoms with Gasteiger partial charge in [0.25, 0.3) is 5.91 Å². The van der Waals surface area contributed by atoms with Crippen molar-refractivity contribution in [3.8, 4) is 11.5 Å². The van der Waals surface area contributed by atoms with Crippen molar-refractivity contribution in [2.45, 2.75) is 19.3 Å². The minimum atomic E-state index is -4.78. The third-order valence-electron chi connectivity index (χ3n) is 4.31. The van der Waals surface area contributed by atoms with Gasteiger partial charge in [-0.25, -0.2) is 4.39 Å². The molecule has 2 amide bonds. The van der Waals surface area contributed by atoms with E-state index < -0.39 is 12.2 Å². The Morgan fingerprint density at radius 1 is 1.17 bits per heavy atom. The van der Waals surface area contributed by atoms with Crippen molar-refractivity contribution < 1.29 is 36.6 Å². The molecule has 0 unspecified atom stereocenters. The van der Waals surface area contributed by atoms with Crippen LogP contribution in [-0.4, -0.2) is 42.8 Å². The molecule has 160 valence electrons. The maximum Gasteiger partial charge on any atom is 0.573 e. The Labute approximate surface area is 169 Å². The van der Waals surface area contributed by atoms with Crippen molar-refractivity contribution in [1.29, 1.82) is 0 Å². The van der Waals surface area contributed by atoms with Gasteiger partial charge in [-0.2, -0.15) is 0 Å². The second-order valence-electron chi connectivity index (χ2n) is 6.57. The van der Waals surface area contributed by atoms with Crippen LogP contribution in [0.1, 0.15) is 11.1 Å². The first-order chi connectivity index (χ1) is 14.2. The van der Waals surface area contributed by atoms with E-state index in [1.54, 1.807) is 0 Å². The number of nitrogens with one attached hydrogen (secondary N) is 1. The molecule has 0 fully saturated rings. The van der Waals surface area contributed by atoms with Gasteiger partial charge >= 0.3 is 6.36 Å². The molecule has 0 aliphatic carbocycles. The molecule has 0 radical (unpaired) electrons. The first-order valence-electron chi connectivity index (χ1n) is 9.00. The number of hydrogen-bond donors (Lipinski definition) is 1. The van der Waals surface area contributed by atoms with E-state index in [1.807, 2.05) is 0 Å². The summed E-state index contributed by atoms with van der Waals surface area (Å²) in [4.78, 5) is 25.7. The van der Waals surface area contributed by atoms with Crippen molar-refractivity contribution in [1.82, 2.24) is 10.2 Å². The molecule has 2 aromatic carbocycles. The minimum absolute atomic E-state index is 0.0442. The summed E-state index contributed by atoms with van der Waals surface area (Å²) in [5.74, 6) is -1.02. The summed E-state index contributed by atoms with van der Waals surface area (Å²) in [7, 11) is 0. The Balaban J connectivity index is 1.48. The number of rotatable bonds is 6. The van der Waals surface area contributed by atoms with Crippen LogP contribution in [0.4, 0.5) is 17.6 Å². The number of fused-ring (bicyclic) bond motifs is 1. The van der Waals surface area contributed by atoms with E-state index in [-0.39, 0.29) is 50.2 Å². The van der Waals surface area contributed by atoms with Crippen LogP contribution < -0.4 is 14.8 Å². The molecule has 1 N–H and O–H groups in total. The SMILES string of the molecule is O=C(Cc1ccc(OC(F)(F)F)cc1)NCCN1Cc2cc(F)ccc2OCC1=O. The molecular weight excluding hydrogens is 408 g/mol. The molecule has 1 aliphatic rings. The van der Waals surface area contributed by atoms with E-state index in [4.69, 9.17) is 4.74 Å². The Hall–Kier alpha value is -3.30. The molecule has 0 atom stereocenters. The van der Waals surface area contributed by atoms with Gasteiger partial charge in [-0.15, -0.1) is 13.2 Å². The summed E-state index contributed by atoms with van der Waals surface area (Å²) < 4.78 is 59.1. The lowest BCUT2D eigenvalue weighted by Crippen LogP contribution is -2.39. The molecule has 0 saturated heterocycles. The maximum absolute atomic E-state index is 13.4. The summed E-state index contributed by atoms with van der Waals surface area (Å²) in [5.41, 5.74) is 1.04. The van der Waals surface area contributed by atoms with Gasteiger partial charge < -0.3 is 19.7 Å². The van der Waals surface area contributed by atoms with E-state index in [0.717, 1.165) is 12.1 Å². The normalized spacial score (nSPS) is 13.9. The zero-order valence-electron chi connectivity index (χ0n) is 15.7. The molecule has 1 aliphatic heterocycles. The number of carbonyl (C=O) groups is 2. The zero-order chi connectivity index (χ0) is 21.7. The van der Waals surface area contributed by atoms with Crippen molar-refractivity contribution in [2.24, 2.45) is 0 Å². The second-order valence-corrected chi connectivity index (χ2v) is 6.57. The number of amides is 2. The first-order valence-corrected chi connectivity index (χ1v) is 9.00. The Kier molecular flexibility index (Phi) is 6.43. The number of alkyl halides is 3. The fourth-order valence-corrected chi connectivity index (χ4v) is 2.93. The standard InChI is InChI=1S/C20H18F4N2O4/c21-15-3-6-17-14(10-15)11-26(19(28)12-29-17)8-7-25-18(27)9-13-1-4-16(5-2-13)30-20(22,23)24/h1-6,10H,7-9,11-12H2,(H,25,27). The van der Waals surface area contributed by atoms with Crippen molar-refractivity contribution in [2.75, 3.05) is 19.7 Å². The Morgan fingerprint density at radius 2 is 1.90 bits per heavy atom. The maximum atomic E-state index is 13.4. The predicted molar refractivity (Wildman–Crippen MR) is 97.2 cm³/mol. The number of carbonyl (C=O) groups excluding carboxylic acids is 2. The second kappa shape index (κ2) is 9.02. The van der Waals surface area contributed by atoms with Crippen molar-refractivity contribution in [3.63, 3.8) is 0 Å². The third kappa shape index (κ3) is 6.10. The van der Waals surface area contributed by atoms with Crippen LogP contribution >= 0.6 is 0 Å². The molecule has 2 aromatic rings. The summed E-state index contributed by atoms with van der Waals surface area (Å²) in [6, 6.07) is 9.00. The van der Waals surface area contributed by atoms with E-state index in [0.29, 0.717) is 16.9 Å². The smallest absolute Gasteiger partial charge is 0.483 e. The largest absolute Gasteiger partial charge is 0.573 e. The average molecular weight is 426 g/mol. The van der Waals surface area contributed by atoms with Gasteiger partial charge in [-0.1, -0.05) is 12.1 Å². The topological polar surface area (TPSA) is 67.9 Å². The van der Waals surface area contributed by atoms with Crippen molar-refractivity contribution in [3.05, 3.63) is 59.4 Å². The van der Waals surface area contributed by atoms with Crippen molar-refractivity contribution >= 4 is 11.8 Å². The third-order valence-corrected chi connectivity index (χ3v) is 4.31. The molecule has 30 heavy (non-hydrogen) atoms. The van der Waals surface area contributed by atoms with Gasteiger partial charge in [0.05, 0.1) is 6.42 Å². The number of ether oxygens (including phenoxy) is 2. The van der Waals surface area contributed by atoms with Gasteiger partial charge in [-0.05, 0) is 35.9 Å². The molecule has 0 saturated carbocycles. The molecule has 10 heteroatoms. The quantitative estimate of drug-likeness (QED) is 0.722. The lowest BCUT2D eigenvalue weighted by Gasteiger charge is -2.20.